The highest BCUT2D eigenvalue weighted by molar-refractivity contribution is 5.93. The lowest BCUT2D eigenvalue weighted by Crippen LogP contribution is -2.43. The maximum absolute atomic E-state index is 13.4. The molecule has 0 radical (unpaired) electrons. The first-order valence-corrected chi connectivity index (χ1v) is 8.48. The number of benzene rings is 2. The molecule has 0 bridgehead atoms. The van der Waals surface area contributed by atoms with E-state index in [4.69, 9.17) is 14.2 Å². The first kappa shape index (κ1) is 20.8. The van der Waals surface area contributed by atoms with Crippen molar-refractivity contribution in [2.45, 2.75) is 6.92 Å². The van der Waals surface area contributed by atoms with E-state index >= 15 is 0 Å². The number of hydrazine groups is 1. The lowest BCUT2D eigenvalue weighted by Gasteiger charge is -2.09. The minimum absolute atomic E-state index is 0.0477. The van der Waals surface area contributed by atoms with Gasteiger partial charge >= 0.3 is 0 Å². The highest BCUT2D eigenvalue weighted by Crippen LogP contribution is 2.28. The van der Waals surface area contributed by atoms with Crippen LogP contribution in [-0.2, 0) is 9.59 Å². The van der Waals surface area contributed by atoms with E-state index < -0.39 is 24.2 Å². The summed E-state index contributed by atoms with van der Waals surface area (Å²) in [5.74, 6) is -0.653. The van der Waals surface area contributed by atoms with Gasteiger partial charge in [-0.05, 0) is 42.8 Å². The Hall–Kier alpha value is -3.55. The molecule has 2 rings (SSSR count). The lowest BCUT2D eigenvalue weighted by atomic mass is 10.2. The van der Waals surface area contributed by atoms with Crippen LogP contribution in [0, 0.1) is 5.82 Å². The smallest absolute Gasteiger partial charge is 0.276 e. The molecule has 0 spiro atoms. The third-order valence-corrected chi connectivity index (χ3v) is 3.44. The van der Waals surface area contributed by atoms with Crippen molar-refractivity contribution in [1.82, 2.24) is 10.9 Å². The molecule has 0 heterocycles. The van der Waals surface area contributed by atoms with Crippen LogP contribution in [0.25, 0.3) is 6.08 Å². The zero-order valence-corrected chi connectivity index (χ0v) is 15.5. The van der Waals surface area contributed by atoms with Gasteiger partial charge in [0, 0.05) is 6.08 Å². The Bertz CT molecular complexity index is 854. The standard InChI is InChI=1S/C20H21FN2O5/c1-3-27-18-12-14(8-10-17(18)26-2)9-11-19(24)22-23-20(25)13-28-16-7-5-4-6-15(16)21/h4-12H,3,13H2,1-2H3,(H,22,24)(H,23,25)/b11-9+. The van der Waals surface area contributed by atoms with Crippen molar-refractivity contribution in [1.29, 1.82) is 0 Å². The summed E-state index contributed by atoms with van der Waals surface area (Å²) in [6, 6.07) is 10.9. The van der Waals surface area contributed by atoms with Gasteiger partial charge in [0.2, 0.25) is 0 Å². The molecule has 0 saturated heterocycles. The first-order chi connectivity index (χ1) is 13.5. The topological polar surface area (TPSA) is 85.9 Å². The Kier molecular flexibility index (Phi) is 7.83. The quantitative estimate of drug-likeness (QED) is 0.536. The third-order valence-electron chi connectivity index (χ3n) is 3.44. The van der Waals surface area contributed by atoms with Crippen LogP contribution in [0.15, 0.2) is 48.5 Å². The van der Waals surface area contributed by atoms with Crippen LogP contribution in [0.5, 0.6) is 17.2 Å². The number of carbonyl (C=O) groups excluding carboxylic acids is 2. The molecular weight excluding hydrogens is 367 g/mol. The molecule has 7 nitrogen and oxygen atoms in total. The third kappa shape index (κ3) is 6.31. The van der Waals surface area contributed by atoms with Gasteiger partial charge < -0.3 is 14.2 Å². The van der Waals surface area contributed by atoms with Crippen molar-refractivity contribution in [3.05, 3.63) is 59.9 Å². The predicted octanol–water partition coefficient (Wildman–Crippen LogP) is 2.47. The molecule has 2 aromatic rings. The molecule has 2 aromatic carbocycles. The molecule has 2 amide bonds. The van der Waals surface area contributed by atoms with E-state index in [2.05, 4.69) is 10.9 Å². The van der Waals surface area contributed by atoms with Gasteiger partial charge in [-0.25, -0.2) is 4.39 Å². The number of amides is 2. The summed E-state index contributed by atoms with van der Waals surface area (Å²) in [6.45, 7) is 1.89. The van der Waals surface area contributed by atoms with E-state index in [-0.39, 0.29) is 5.75 Å². The predicted molar refractivity (Wildman–Crippen MR) is 101 cm³/mol. The highest BCUT2D eigenvalue weighted by atomic mass is 19.1. The number of methoxy groups -OCH3 is 1. The van der Waals surface area contributed by atoms with Crippen LogP contribution in [-0.4, -0.2) is 32.1 Å². The van der Waals surface area contributed by atoms with Crippen molar-refractivity contribution < 1.29 is 28.2 Å². The van der Waals surface area contributed by atoms with E-state index in [0.29, 0.717) is 23.7 Å². The van der Waals surface area contributed by atoms with Crippen LogP contribution in [0.1, 0.15) is 12.5 Å². The minimum atomic E-state index is -0.631. The number of halogens is 1. The summed E-state index contributed by atoms with van der Waals surface area (Å²) in [4.78, 5) is 23.5. The number of carbonyl (C=O) groups is 2. The van der Waals surface area contributed by atoms with Crippen LogP contribution >= 0.6 is 0 Å². The second-order valence-electron chi connectivity index (χ2n) is 5.43. The van der Waals surface area contributed by atoms with Crippen LogP contribution in [0.3, 0.4) is 0 Å². The van der Waals surface area contributed by atoms with E-state index in [1.165, 1.54) is 24.3 Å². The number of hydrogen-bond acceptors (Lipinski definition) is 5. The Morgan fingerprint density at radius 2 is 1.82 bits per heavy atom. The molecule has 0 aromatic heterocycles. The maximum atomic E-state index is 13.4. The minimum Gasteiger partial charge on any atom is -0.493 e. The Balaban J connectivity index is 1.82. The number of nitrogens with one attached hydrogen (secondary N) is 2. The largest absolute Gasteiger partial charge is 0.493 e. The zero-order chi connectivity index (χ0) is 20.4. The molecule has 0 atom stereocenters. The molecule has 2 N–H and O–H groups in total. The molecule has 0 saturated carbocycles. The highest BCUT2D eigenvalue weighted by Gasteiger charge is 2.07. The second kappa shape index (κ2) is 10.6. The molecule has 28 heavy (non-hydrogen) atoms. The van der Waals surface area contributed by atoms with Crippen molar-refractivity contribution >= 4 is 17.9 Å². The van der Waals surface area contributed by atoms with E-state index in [9.17, 15) is 14.0 Å². The van der Waals surface area contributed by atoms with Gasteiger partial charge in [0.05, 0.1) is 13.7 Å². The monoisotopic (exact) mass is 388 g/mol. The van der Waals surface area contributed by atoms with Crippen molar-refractivity contribution in [3.63, 3.8) is 0 Å². The number of rotatable bonds is 8. The lowest BCUT2D eigenvalue weighted by molar-refractivity contribution is -0.128. The molecule has 148 valence electrons. The van der Waals surface area contributed by atoms with Gasteiger partial charge in [-0.3, -0.25) is 20.4 Å². The summed E-state index contributed by atoms with van der Waals surface area (Å²) in [5.41, 5.74) is 5.10. The number of hydrogen-bond donors (Lipinski definition) is 2. The van der Waals surface area contributed by atoms with E-state index in [1.807, 2.05) is 6.92 Å². The Morgan fingerprint density at radius 1 is 1.04 bits per heavy atom. The Morgan fingerprint density at radius 3 is 2.54 bits per heavy atom. The summed E-state index contributed by atoms with van der Waals surface area (Å²) in [5, 5.41) is 0. The Labute approximate surface area is 162 Å². The average Bonchev–Trinajstić information content (AvgIpc) is 2.70. The van der Waals surface area contributed by atoms with E-state index in [1.54, 1.807) is 37.5 Å². The average molecular weight is 388 g/mol. The molecule has 0 fully saturated rings. The molecule has 0 aliphatic carbocycles. The molecular formula is C20H21FN2O5. The first-order valence-electron chi connectivity index (χ1n) is 8.48. The number of ether oxygens (including phenoxy) is 3. The molecule has 0 unspecified atom stereocenters. The van der Waals surface area contributed by atoms with Crippen LogP contribution in [0.4, 0.5) is 4.39 Å². The van der Waals surface area contributed by atoms with Gasteiger partial charge in [0.1, 0.15) is 0 Å². The molecule has 0 aliphatic heterocycles. The van der Waals surface area contributed by atoms with E-state index in [0.717, 1.165) is 0 Å². The fraction of sp³-hybridized carbons (Fsp3) is 0.200. The normalized spacial score (nSPS) is 10.4. The number of para-hydroxylation sites is 1. The van der Waals surface area contributed by atoms with Crippen molar-refractivity contribution in [2.24, 2.45) is 0 Å². The summed E-state index contributed by atoms with van der Waals surface area (Å²) >= 11 is 0. The van der Waals surface area contributed by atoms with Gasteiger partial charge in [0.15, 0.2) is 29.7 Å². The fourth-order valence-corrected chi connectivity index (χ4v) is 2.15. The van der Waals surface area contributed by atoms with Gasteiger partial charge in [-0.2, -0.15) is 0 Å². The van der Waals surface area contributed by atoms with Crippen LogP contribution < -0.4 is 25.1 Å². The SMILES string of the molecule is CCOc1cc(/C=C/C(=O)NNC(=O)COc2ccccc2F)ccc1OC. The zero-order valence-electron chi connectivity index (χ0n) is 15.5. The van der Waals surface area contributed by atoms with Crippen LogP contribution in [0.2, 0.25) is 0 Å². The summed E-state index contributed by atoms with van der Waals surface area (Å²) < 4.78 is 29.1. The van der Waals surface area contributed by atoms with Gasteiger partial charge in [0.25, 0.3) is 11.8 Å². The summed E-state index contributed by atoms with van der Waals surface area (Å²) in [7, 11) is 1.54. The fourth-order valence-electron chi connectivity index (χ4n) is 2.15. The molecule has 0 aliphatic rings. The van der Waals surface area contributed by atoms with Crippen molar-refractivity contribution in [2.75, 3.05) is 20.3 Å². The second-order valence-corrected chi connectivity index (χ2v) is 5.43. The van der Waals surface area contributed by atoms with Gasteiger partial charge in [-0.1, -0.05) is 18.2 Å². The van der Waals surface area contributed by atoms with Crippen molar-refractivity contribution in [3.8, 4) is 17.2 Å². The maximum Gasteiger partial charge on any atom is 0.276 e. The molecule has 8 heteroatoms. The van der Waals surface area contributed by atoms with Gasteiger partial charge in [-0.15, -0.1) is 0 Å². The summed E-state index contributed by atoms with van der Waals surface area (Å²) in [6.07, 6.45) is 2.80.